The molecule has 30 heavy (non-hydrogen) atoms. The van der Waals surface area contributed by atoms with E-state index in [9.17, 15) is 9.59 Å². The minimum absolute atomic E-state index is 0.178. The topological polar surface area (TPSA) is 34.1 Å². The average Bonchev–Trinajstić information content (AvgIpc) is 3.10. The maximum atomic E-state index is 13.3. The molecular weight excluding hydrogens is 388 g/mol. The molecule has 3 saturated carbocycles. The molecule has 0 N–H and O–H groups in total. The Morgan fingerprint density at radius 1 is 1.00 bits per heavy atom. The minimum atomic E-state index is 0.178. The molecule has 0 aliphatic heterocycles. The Hall–Kier alpha value is -1.35. The van der Waals surface area contributed by atoms with Gasteiger partial charge in [0.05, 0.1) is 5.75 Å². The summed E-state index contributed by atoms with van der Waals surface area (Å²) in [5.41, 5.74) is 1.84. The summed E-state index contributed by atoms with van der Waals surface area (Å²) in [5.74, 6) is 3.77. The van der Waals surface area contributed by atoms with Crippen molar-refractivity contribution in [1.29, 1.82) is 0 Å². The molecule has 2 nitrogen and oxygen atoms in total. The quantitative estimate of drug-likeness (QED) is 0.520. The van der Waals surface area contributed by atoms with E-state index >= 15 is 0 Å². The fourth-order valence-electron chi connectivity index (χ4n) is 7.86. The van der Waals surface area contributed by atoms with Crippen molar-refractivity contribution in [2.75, 3.05) is 5.75 Å². The molecule has 0 bridgehead atoms. The summed E-state index contributed by atoms with van der Waals surface area (Å²) < 4.78 is 0. The second kappa shape index (κ2) is 7.65. The number of fused-ring (bicyclic) bond motifs is 5. The lowest BCUT2D eigenvalue weighted by Gasteiger charge is -2.58. The van der Waals surface area contributed by atoms with Crippen LogP contribution < -0.4 is 0 Å². The van der Waals surface area contributed by atoms with E-state index in [1.165, 1.54) is 36.2 Å². The predicted molar refractivity (Wildman–Crippen MR) is 122 cm³/mol. The maximum absolute atomic E-state index is 13.3. The molecule has 0 saturated heterocycles. The number of hydrogen-bond acceptors (Lipinski definition) is 3. The van der Waals surface area contributed by atoms with Gasteiger partial charge in [-0.2, -0.15) is 0 Å². The normalized spacial score (nSPS) is 40.2. The number of ketones is 2. The standard InChI is InChI=1S/C27H34O2S/c1-26-14-12-19(28)16-18(26)8-9-21-22-10-11-24(27(22,2)15-13-23(21)26)25(29)17-30-20-6-4-3-5-7-20/h3-7,16,21-24H,8-15,17H2,1-2H3/t21-,22-,23-,24+,26-,27-/m0/s1. The molecule has 0 unspecified atom stereocenters. The number of thioether (sulfide) groups is 1. The van der Waals surface area contributed by atoms with Gasteiger partial charge in [-0.05, 0) is 91.7 Å². The second-order valence-electron chi connectivity index (χ2n) is 10.7. The lowest BCUT2D eigenvalue weighted by atomic mass is 9.46. The van der Waals surface area contributed by atoms with Gasteiger partial charge in [0.2, 0.25) is 0 Å². The number of hydrogen-bond donors (Lipinski definition) is 0. The van der Waals surface area contributed by atoms with E-state index in [1.807, 2.05) is 24.3 Å². The van der Waals surface area contributed by atoms with Gasteiger partial charge in [0, 0.05) is 17.2 Å². The van der Waals surface area contributed by atoms with Crippen LogP contribution in [0.3, 0.4) is 0 Å². The van der Waals surface area contributed by atoms with Gasteiger partial charge in [0.15, 0.2) is 5.78 Å². The molecule has 0 heterocycles. The Bertz CT molecular complexity index is 874. The second-order valence-corrected chi connectivity index (χ2v) is 11.8. The van der Waals surface area contributed by atoms with E-state index in [0.29, 0.717) is 29.2 Å². The summed E-state index contributed by atoms with van der Waals surface area (Å²) in [7, 11) is 0. The van der Waals surface area contributed by atoms with Crippen molar-refractivity contribution in [3.05, 3.63) is 42.0 Å². The predicted octanol–water partition coefficient (Wildman–Crippen LogP) is 6.50. The van der Waals surface area contributed by atoms with Crippen molar-refractivity contribution < 1.29 is 9.59 Å². The third-order valence-corrected chi connectivity index (χ3v) is 10.5. The third-order valence-electron chi connectivity index (χ3n) is 9.47. The zero-order valence-corrected chi connectivity index (χ0v) is 19.2. The third kappa shape index (κ3) is 3.23. The number of Topliss-reactive ketones (excluding diaryl/α,β-unsaturated/α-hetero) is 1. The fraction of sp³-hybridized carbons (Fsp3) is 0.630. The molecule has 1 aromatic carbocycles. The molecule has 0 amide bonds. The van der Waals surface area contributed by atoms with Crippen LogP contribution in [0.5, 0.6) is 0 Å². The summed E-state index contributed by atoms with van der Waals surface area (Å²) in [6, 6.07) is 10.3. The van der Waals surface area contributed by atoms with Crippen LogP contribution in [-0.2, 0) is 9.59 Å². The summed E-state index contributed by atoms with van der Waals surface area (Å²) in [4.78, 5) is 26.5. The Morgan fingerprint density at radius 2 is 1.80 bits per heavy atom. The zero-order chi connectivity index (χ0) is 20.9. The highest BCUT2D eigenvalue weighted by molar-refractivity contribution is 8.00. The van der Waals surface area contributed by atoms with E-state index in [0.717, 1.165) is 31.6 Å². The highest BCUT2D eigenvalue weighted by Crippen LogP contribution is 2.66. The van der Waals surface area contributed by atoms with E-state index in [4.69, 9.17) is 0 Å². The number of benzene rings is 1. The van der Waals surface area contributed by atoms with Crippen LogP contribution in [0.1, 0.15) is 65.2 Å². The van der Waals surface area contributed by atoms with Gasteiger partial charge < -0.3 is 0 Å². The number of carbonyl (C=O) groups is 2. The van der Waals surface area contributed by atoms with Gasteiger partial charge in [0.25, 0.3) is 0 Å². The number of carbonyl (C=O) groups excluding carboxylic acids is 2. The lowest BCUT2D eigenvalue weighted by molar-refractivity contribution is -0.128. The molecule has 5 rings (SSSR count). The van der Waals surface area contributed by atoms with Crippen LogP contribution in [0.4, 0.5) is 0 Å². The first-order valence-corrected chi connectivity index (χ1v) is 12.8. The van der Waals surface area contributed by atoms with Gasteiger partial charge in [-0.3, -0.25) is 9.59 Å². The van der Waals surface area contributed by atoms with E-state index < -0.39 is 0 Å². The van der Waals surface area contributed by atoms with Crippen LogP contribution in [-0.4, -0.2) is 17.3 Å². The molecule has 0 spiro atoms. The van der Waals surface area contributed by atoms with E-state index in [2.05, 4.69) is 26.0 Å². The first-order valence-electron chi connectivity index (χ1n) is 11.9. The van der Waals surface area contributed by atoms with E-state index in [1.54, 1.807) is 11.8 Å². The Labute approximate surface area is 185 Å². The average molecular weight is 423 g/mol. The van der Waals surface area contributed by atoms with Gasteiger partial charge in [-0.25, -0.2) is 0 Å². The van der Waals surface area contributed by atoms with Crippen LogP contribution in [0.25, 0.3) is 0 Å². The summed E-state index contributed by atoms with van der Waals surface area (Å²) >= 11 is 1.70. The maximum Gasteiger partial charge on any atom is 0.155 e. The molecular formula is C27H34O2S. The van der Waals surface area contributed by atoms with Crippen LogP contribution in [0.2, 0.25) is 0 Å². The van der Waals surface area contributed by atoms with Crippen molar-refractivity contribution in [1.82, 2.24) is 0 Å². The SMILES string of the molecule is C[C@]12CC[C@H]3[C@@H](CCC4=CC(=O)CC[C@@]43C)[C@@H]1CC[C@@H]2C(=O)CSc1ccccc1. The summed E-state index contributed by atoms with van der Waals surface area (Å²) in [5, 5.41) is 0. The van der Waals surface area contributed by atoms with Gasteiger partial charge in [-0.1, -0.05) is 37.6 Å². The Morgan fingerprint density at radius 3 is 2.60 bits per heavy atom. The van der Waals surface area contributed by atoms with Crippen LogP contribution >= 0.6 is 11.8 Å². The molecule has 160 valence electrons. The van der Waals surface area contributed by atoms with Gasteiger partial charge in [0.1, 0.15) is 5.78 Å². The molecule has 0 radical (unpaired) electrons. The highest BCUT2D eigenvalue weighted by atomic mass is 32.2. The minimum Gasteiger partial charge on any atom is -0.298 e. The molecule has 6 atom stereocenters. The zero-order valence-electron chi connectivity index (χ0n) is 18.4. The Balaban J connectivity index is 1.32. The first kappa shape index (κ1) is 20.5. The molecule has 1 aromatic rings. The first-order chi connectivity index (χ1) is 14.4. The molecule has 3 heteroatoms. The summed E-state index contributed by atoms with van der Waals surface area (Å²) in [6.07, 6.45) is 10.8. The van der Waals surface area contributed by atoms with Crippen LogP contribution in [0, 0.1) is 34.5 Å². The lowest BCUT2D eigenvalue weighted by Crippen LogP contribution is -2.51. The van der Waals surface area contributed by atoms with Crippen molar-refractivity contribution in [2.45, 2.75) is 70.1 Å². The Kier molecular flexibility index (Phi) is 5.24. The van der Waals surface area contributed by atoms with Crippen molar-refractivity contribution in [3.8, 4) is 0 Å². The highest BCUT2D eigenvalue weighted by Gasteiger charge is 2.59. The largest absolute Gasteiger partial charge is 0.298 e. The number of allylic oxidation sites excluding steroid dienone is 1. The molecule has 0 aromatic heterocycles. The van der Waals surface area contributed by atoms with Crippen molar-refractivity contribution in [2.24, 2.45) is 34.5 Å². The molecule has 4 aliphatic rings. The van der Waals surface area contributed by atoms with Crippen LogP contribution in [0.15, 0.2) is 46.9 Å². The number of rotatable bonds is 4. The van der Waals surface area contributed by atoms with Crippen molar-refractivity contribution >= 4 is 23.3 Å². The fourth-order valence-corrected chi connectivity index (χ4v) is 8.72. The summed E-state index contributed by atoms with van der Waals surface area (Å²) in [6.45, 7) is 4.88. The van der Waals surface area contributed by atoms with E-state index in [-0.39, 0.29) is 16.7 Å². The van der Waals surface area contributed by atoms with Gasteiger partial charge in [-0.15, -0.1) is 11.8 Å². The molecule has 3 fully saturated rings. The smallest absolute Gasteiger partial charge is 0.155 e. The van der Waals surface area contributed by atoms with Crippen molar-refractivity contribution in [3.63, 3.8) is 0 Å². The monoisotopic (exact) mass is 422 g/mol. The van der Waals surface area contributed by atoms with Gasteiger partial charge >= 0.3 is 0 Å². The molecule has 4 aliphatic carbocycles.